The molecule has 0 aromatic heterocycles. The normalized spacial score (nSPS) is 17.0. The molecule has 2 N–H and O–H groups in total. The molecular weight excluding hydrogens is 298 g/mol. The number of carbonyl (C=O) groups excluding carboxylic acids is 1. The first-order chi connectivity index (χ1) is 11.1. The lowest BCUT2D eigenvalue weighted by atomic mass is 10.1. The van der Waals surface area contributed by atoms with Crippen molar-refractivity contribution in [3.05, 3.63) is 33.9 Å². The van der Waals surface area contributed by atoms with Crippen LogP contribution in [0.15, 0.2) is 18.2 Å². The van der Waals surface area contributed by atoms with E-state index >= 15 is 0 Å². The Kier molecular flexibility index (Phi) is 6.34. The second kappa shape index (κ2) is 8.47. The molecule has 0 spiro atoms. The third-order valence-electron chi connectivity index (χ3n) is 3.82. The van der Waals surface area contributed by atoms with E-state index in [1.807, 2.05) is 6.92 Å². The van der Waals surface area contributed by atoms with E-state index < -0.39 is 4.92 Å². The maximum absolute atomic E-state index is 12.0. The zero-order chi connectivity index (χ0) is 16.7. The summed E-state index contributed by atoms with van der Waals surface area (Å²) in [5.74, 6) is -0.285. The number of hydrogen-bond donors (Lipinski definition) is 2. The minimum absolute atomic E-state index is 0.0895. The van der Waals surface area contributed by atoms with Gasteiger partial charge in [-0.15, -0.1) is 0 Å². The van der Waals surface area contributed by atoms with Crippen molar-refractivity contribution in [3.63, 3.8) is 0 Å². The summed E-state index contributed by atoms with van der Waals surface area (Å²) in [7, 11) is 0. The first-order valence-corrected chi connectivity index (χ1v) is 8.04. The fraction of sp³-hybridized carbons (Fsp3) is 0.562. The number of anilines is 1. The topological polar surface area (TPSA) is 93.5 Å². The SMILES string of the molecule is CCCCNC(=O)c1ccc(NCC2CCCO2)c([N+](=O)[O-])c1. The van der Waals surface area contributed by atoms with E-state index in [1.54, 1.807) is 12.1 Å². The molecule has 7 heteroatoms. The van der Waals surface area contributed by atoms with Gasteiger partial charge in [0.1, 0.15) is 5.69 Å². The Bertz CT molecular complexity index is 556. The molecule has 1 aliphatic heterocycles. The maximum atomic E-state index is 12.0. The lowest BCUT2D eigenvalue weighted by Gasteiger charge is -2.12. The summed E-state index contributed by atoms with van der Waals surface area (Å²) in [6, 6.07) is 4.51. The van der Waals surface area contributed by atoms with Gasteiger partial charge in [0, 0.05) is 31.3 Å². The molecule has 1 aromatic carbocycles. The van der Waals surface area contributed by atoms with E-state index in [0.717, 1.165) is 32.3 Å². The molecular formula is C16H23N3O4. The number of nitro groups is 1. The zero-order valence-corrected chi connectivity index (χ0v) is 13.3. The molecule has 1 fully saturated rings. The van der Waals surface area contributed by atoms with Crippen LogP contribution in [0.25, 0.3) is 0 Å². The number of nitro benzene ring substituents is 1. The number of carbonyl (C=O) groups is 1. The Morgan fingerprint density at radius 3 is 2.96 bits per heavy atom. The van der Waals surface area contributed by atoms with Crippen LogP contribution in [-0.4, -0.2) is 36.6 Å². The van der Waals surface area contributed by atoms with Gasteiger partial charge >= 0.3 is 0 Å². The van der Waals surface area contributed by atoms with Gasteiger partial charge in [0.15, 0.2) is 0 Å². The number of ether oxygens (including phenoxy) is 1. The standard InChI is InChI=1S/C16H23N3O4/c1-2-3-8-17-16(20)12-6-7-14(15(10-12)19(21)22)18-11-13-5-4-9-23-13/h6-7,10,13,18H,2-5,8-9,11H2,1H3,(H,17,20). The van der Waals surface area contributed by atoms with Crippen LogP contribution >= 0.6 is 0 Å². The molecule has 1 heterocycles. The minimum Gasteiger partial charge on any atom is -0.377 e. The van der Waals surface area contributed by atoms with Crippen molar-refractivity contribution in [2.75, 3.05) is 25.0 Å². The summed E-state index contributed by atoms with van der Waals surface area (Å²) < 4.78 is 5.50. The van der Waals surface area contributed by atoms with E-state index in [4.69, 9.17) is 4.74 Å². The molecule has 2 rings (SSSR count). The van der Waals surface area contributed by atoms with Crippen LogP contribution < -0.4 is 10.6 Å². The highest BCUT2D eigenvalue weighted by Crippen LogP contribution is 2.26. The Morgan fingerprint density at radius 1 is 1.48 bits per heavy atom. The number of nitrogens with one attached hydrogen (secondary N) is 2. The fourth-order valence-corrected chi connectivity index (χ4v) is 2.48. The number of amides is 1. The monoisotopic (exact) mass is 321 g/mol. The van der Waals surface area contributed by atoms with Crippen LogP contribution in [0.3, 0.4) is 0 Å². The van der Waals surface area contributed by atoms with E-state index in [1.165, 1.54) is 6.07 Å². The van der Waals surface area contributed by atoms with Crippen molar-refractivity contribution in [3.8, 4) is 0 Å². The maximum Gasteiger partial charge on any atom is 0.293 e. The van der Waals surface area contributed by atoms with Crippen LogP contribution in [-0.2, 0) is 4.74 Å². The Hall–Kier alpha value is -2.15. The van der Waals surface area contributed by atoms with Gasteiger partial charge in [0.25, 0.3) is 11.6 Å². The fourth-order valence-electron chi connectivity index (χ4n) is 2.48. The van der Waals surface area contributed by atoms with Crippen LogP contribution in [0.4, 0.5) is 11.4 Å². The third kappa shape index (κ3) is 4.92. The number of benzene rings is 1. The molecule has 23 heavy (non-hydrogen) atoms. The summed E-state index contributed by atoms with van der Waals surface area (Å²) in [6.07, 6.45) is 3.93. The summed E-state index contributed by atoms with van der Waals surface area (Å²) in [6.45, 7) is 3.88. The molecule has 126 valence electrons. The molecule has 0 radical (unpaired) electrons. The highest BCUT2D eigenvalue weighted by Gasteiger charge is 2.20. The van der Waals surface area contributed by atoms with E-state index in [0.29, 0.717) is 24.3 Å². The van der Waals surface area contributed by atoms with E-state index in [2.05, 4.69) is 10.6 Å². The second-order valence-corrected chi connectivity index (χ2v) is 5.61. The number of nitrogens with zero attached hydrogens (tertiary/aromatic N) is 1. The lowest BCUT2D eigenvalue weighted by molar-refractivity contribution is -0.384. The quantitative estimate of drug-likeness (QED) is 0.436. The van der Waals surface area contributed by atoms with Crippen molar-refractivity contribution >= 4 is 17.3 Å². The van der Waals surface area contributed by atoms with Crippen LogP contribution in [0.5, 0.6) is 0 Å². The molecule has 7 nitrogen and oxygen atoms in total. The Labute approximate surface area is 135 Å². The smallest absolute Gasteiger partial charge is 0.293 e. The van der Waals surface area contributed by atoms with Crippen molar-refractivity contribution in [1.82, 2.24) is 5.32 Å². The lowest BCUT2D eigenvalue weighted by Crippen LogP contribution is -2.24. The van der Waals surface area contributed by atoms with Crippen molar-refractivity contribution in [1.29, 1.82) is 0 Å². The van der Waals surface area contributed by atoms with Crippen LogP contribution in [0, 0.1) is 10.1 Å². The van der Waals surface area contributed by atoms with E-state index in [-0.39, 0.29) is 17.7 Å². The van der Waals surface area contributed by atoms with Gasteiger partial charge in [-0.2, -0.15) is 0 Å². The third-order valence-corrected chi connectivity index (χ3v) is 3.82. The average Bonchev–Trinajstić information content (AvgIpc) is 3.06. The average molecular weight is 321 g/mol. The number of rotatable bonds is 8. The molecule has 1 atom stereocenters. The van der Waals surface area contributed by atoms with Gasteiger partial charge in [0.05, 0.1) is 11.0 Å². The first-order valence-electron chi connectivity index (χ1n) is 8.04. The highest BCUT2D eigenvalue weighted by molar-refractivity contribution is 5.95. The molecule has 0 aliphatic carbocycles. The Balaban J connectivity index is 2.04. The predicted molar refractivity (Wildman–Crippen MR) is 87.8 cm³/mol. The molecule has 1 saturated heterocycles. The molecule has 1 aliphatic rings. The second-order valence-electron chi connectivity index (χ2n) is 5.61. The molecule has 1 aromatic rings. The van der Waals surface area contributed by atoms with Gasteiger partial charge in [0.2, 0.25) is 0 Å². The van der Waals surface area contributed by atoms with Crippen molar-refractivity contribution < 1.29 is 14.5 Å². The van der Waals surface area contributed by atoms with Crippen molar-refractivity contribution in [2.24, 2.45) is 0 Å². The highest BCUT2D eigenvalue weighted by atomic mass is 16.6. The predicted octanol–water partition coefficient (Wildman–Crippen LogP) is 2.72. The van der Waals surface area contributed by atoms with Crippen LogP contribution in [0.1, 0.15) is 43.0 Å². The first kappa shape index (κ1) is 17.2. The minimum atomic E-state index is -0.472. The molecule has 0 bridgehead atoms. The summed E-state index contributed by atoms with van der Waals surface area (Å²) >= 11 is 0. The number of hydrogen-bond acceptors (Lipinski definition) is 5. The zero-order valence-electron chi connectivity index (χ0n) is 13.3. The van der Waals surface area contributed by atoms with Gasteiger partial charge < -0.3 is 15.4 Å². The molecule has 1 amide bonds. The van der Waals surface area contributed by atoms with Crippen LogP contribution in [0.2, 0.25) is 0 Å². The van der Waals surface area contributed by atoms with E-state index in [9.17, 15) is 14.9 Å². The van der Waals surface area contributed by atoms with Gasteiger partial charge in [-0.1, -0.05) is 13.3 Å². The van der Waals surface area contributed by atoms with Gasteiger partial charge in [-0.3, -0.25) is 14.9 Å². The summed E-state index contributed by atoms with van der Waals surface area (Å²) in [5.41, 5.74) is 0.622. The van der Waals surface area contributed by atoms with Gasteiger partial charge in [-0.05, 0) is 31.4 Å². The number of unbranched alkanes of at least 4 members (excludes halogenated alkanes) is 1. The molecule has 1 unspecified atom stereocenters. The summed E-state index contributed by atoms with van der Waals surface area (Å²) in [5, 5.41) is 17.1. The molecule has 0 saturated carbocycles. The van der Waals surface area contributed by atoms with Gasteiger partial charge in [-0.25, -0.2) is 0 Å². The Morgan fingerprint density at radius 2 is 2.30 bits per heavy atom. The largest absolute Gasteiger partial charge is 0.377 e. The van der Waals surface area contributed by atoms with Crippen molar-refractivity contribution in [2.45, 2.75) is 38.7 Å². The summed E-state index contributed by atoms with van der Waals surface area (Å²) in [4.78, 5) is 22.8.